The molecule has 170 valence electrons. The third kappa shape index (κ3) is 8.91. The van der Waals surface area contributed by atoms with Crippen molar-refractivity contribution in [2.45, 2.75) is 65.6 Å². The molecule has 1 aromatic heterocycles. The fraction of sp³-hybridized carbons (Fsp3) is 0.556. The number of rotatable bonds is 12. The fourth-order valence-corrected chi connectivity index (χ4v) is 3.73. The van der Waals surface area contributed by atoms with Crippen molar-refractivity contribution < 1.29 is 14.7 Å². The summed E-state index contributed by atoms with van der Waals surface area (Å²) in [6.45, 7) is 15.2. The van der Waals surface area contributed by atoms with E-state index in [2.05, 4.69) is 87.7 Å². The Hall–Kier alpha value is -2.06. The van der Waals surface area contributed by atoms with Crippen LogP contribution in [0.5, 0.6) is 0 Å². The molecule has 0 fully saturated rings. The number of ether oxygens (including phenoxy) is 1. The van der Waals surface area contributed by atoms with Gasteiger partial charge in [-0.1, -0.05) is 64.8 Å². The van der Waals surface area contributed by atoms with Crippen molar-refractivity contribution in [1.29, 1.82) is 0 Å². The zero-order chi connectivity index (χ0) is 22.9. The lowest BCUT2D eigenvalue weighted by Gasteiger charge is -2.24. The van der Waals surface area contributed by atoms with Crippen LogP contribution < -0.4 is 4.90 Å². The molecule has 0 amide bonds. The quantitative estimate of drug-likeness (QED) is 0.405. The summed E-state index contributed by atoms with van der Waals surface area (Å²) in [7, 11) is 0. The standard InChI is InChI=1S/C27H40N2O2/c1-7-17-31-21-26(30)20-28(16-14-22(2)3)19-25-9-8-15-29(25)18-23-10-12-24(13-11-23)27(4,5)6/h1,8-13,15,22,26,30H,14,16-21H2,2-6H3/p+1/t26-/m0/s1. The Kier molecular flexibility index (Phi) is 9.84. The molecule has 4 nitrogen and oxygen atoms in total. The van der Waals surface area contributed by atoms with Gasteiger partial charge in [-0.15, -0.1) is 6.42 Å². The number of benzene rings is 1. The Bertz CT molecular complexity index is 809. The summed E-state index contributed by atoms with van der Waals surface area (Å²) in [5.41, 5.74) is 4.11. The van der Waals surface area contributed by atoms with Crippen molar-refractivity contribution in [2.24, 2.45) is 5.92 Å². The summed E-state index contributed by atoms with van der Waals surface area (Å²) in [5, 5.41) is 10.4. The van der Waals surface area contributed by atoms with Crippen LogP contribution in [-0.4, -0.2) is 42.1 Å². The summed E-state index contributed by atoms with van der Waals surface area (Å²) in [4.78, 5) is 1.37. The first-order valence-corrected chi connectivity index (χ1v) is 11.4. The van der Waals surface area contributed by atoms with Crippen LogP contribution in [0.3, 0.4) is 0 Å². The van der Waals surface area contributed by atoms with Gasteiger partial charge in [0.2, 0.25) is 0 Å². The van der Waals surface area contributed by atoms with E-state index in [1.807, 2.05) is 0 Å². The monoisotopic (exact) mass is 425 g/mol. The van der Waals surface area contributed by atoms with Crippen molar-refractivity contribution in [3.63, 3.8) is 0 Å². The number of aliphatic hydroxyl groups is 1. The van der Waals surface area contributed by atoms with Gasteiger partial charge in [0.15, 0.2) is 0 Å². The second-order valence-corrected chi connectivity index (χ2v) is 10.0. The molecule has 2 aromatic rings. The predicted molar refractivity (Wildman–Crippen MR) is 128 cm³/mol. The molecule has 4 heteroatoms. The number of aromatic nitrogens is 1. The maximum atomic E-state index is 10.4. The summed E-state index contributed by atoms with van der Waals surface area (Å²) in [6, 6.07) is 13.3. The highest BCUT2D eigenvalue weighted by Crippen LogP contribution is 2.22. The van der Waals surface area contributed by atoms with Crippen molar-refractivity contribution in [2.75, 3.05) is 26.3 Å². The zero-order valence-corrected chi connectivity index (χ0v) is 20.0. The van der Waals surface area contributed by atoms with Gasteiger partial charge in [0.25, 0.3) is 0 Å². The van der Waals surface area contributed by atoms with Crippen LogP contribution >= 0.6 is 0 Å². The Morgan fingerprint density at radius 2 is 1.87 bits per heavy atom. The van der Waals surface area contributed by atoms with Gasteiger partial charge >= 0.3 is 0 Å². The molecule has 0 spiro atoms. The lowest BCUT2D eigenvalue weighted by Crippen LogP contribution is -3.12. The topological polar surface area (TPSA) is 38.8 Å². The minimum absolute atomic E-state index is 0.169. The predicted octanol–water partition coefficient (Wildman–Crippen LogP) is 3.28. The first kappa shape index (κ1) is 25.2. The van der Waals surface area contributed by atoms with E-state index in [0.717, 1.165) is 26.1 Å². The van der Waals surface area contributed by atoms with Crippen LogP contribution in [0.25, 0.3) is 0 Å². The Balaban J connectivity index is 2.04. The fourth-order valence-electron chi connectivity index (χ4n) is 3.73. The van der Waals surface area contributed by atoms with Gasteiger partial charge in [-0.2, -0.15) is 0 Å². The molecule has 0 aliphatic rings. The number of hydrogen-bond donors (Lipinski definition) is 2. The normalized spacial score (nSPS) is 13.9. The van der Waals surface area contributed by atoms with Crippen LogP contribution in [-0.2, 0) is 23.2 Å². The number of hydrogen-bond acceptors (Lipinski definition) is 2. The van der Waals surface area contributed by atoms with Crippen LogP contribution in [0.15, 0.2) is 42.6 Å². The van der Waals surface area contributed by atoms with E-state index in [0.29, 0.717) is 12.5 Å². The molecule has 0 radical (unpaired) electrons. The van der Waals surface area contributed by atoms with Gasteiger partial charge in [-0.25, -0.2) is 0 Å². The van der Waals surface area contributed by atoms with Crippen molar-refractivity contribution in [3.8, 4) is 12.3 Å². The summed E-state index contributed by atoms with van der Waals surface area (Å²) in [5.74, 6) is 3.09. The van der Waals surface area contributed by atoms with Crippen molar-refractivity contribution in [1.82, 2.24) is 4.57 Å². The van der Waals surface area contributed by atoms with Crippen LogP contribution in [0.4, 0.5) is 0 Å². The second kappa shape index (κ2) is 12.1. The molecule has 1 unspecified atom stereocenters. The maximum Gasteiger partial charge on any atom is 0.126 e. The third-order valence-corrected chi connectivity index (χ3v) is 5.62. The minimum Gasteiger partial charge on any atom is -0.385 e. The molecule has 0 aliphatic heterocycles. The van der Waals surface area contributed by atoms with Crippen molar-refractivity contribution >= 4 is 0 Å². The summed E-state index contributed by atoms with van der Waals surface area (Å²) < 4.78 is 7.66. The van der Waals surface area contributed by atoms with Gasteiger partial charge < -0.3 is 19.3 Å². The third-order valence-electron chi connectivity index (χ3n) is 5.62. The molecular formula is C27H41N2O2+. The molecule has 1 heterocycles. The molecule has 1 aromatic carbocycles. The lowest BCUT2D eigenvalue weighted by molar-refractivity contribution is -0.917. The van der Waals surface area contributed by atoms with Gasteiger partial charge in [-0.3, -0.25) is 0 Å². The van der Waals surface area contributed by atoms with E-state index in [1.54, 1.807) is 0 Å². The molecule has 2 N–H and O–H groups in total. The molecule has 31 heavy (non-hydrogen) atoms. The van der Waals surface area contributed by atoms with Crippen molar-refractivity contribution in [3.05, 3.63) is 59.4 Å². The highest BCUT2D eigenvalue weighted by molar-refractivity contribution is 5.28. The first-order valence-electron chi connectivity index (χ1n) is 11.4. The minimum atomic E-state index is -0.510. The summed E-state index contributed by atoms with van der Waals surface area (Å²) >= 11 is 0. The van der Waals surface area contributed by atoms with Gasteiger partial charge in [0, 0.05) is 12.7 Å². The van der Waals surface area contributed by atoms with Crippen LogP contribution in [0, 0.1) is 18.3 Å². The molecule has 0 aliphatic carbocycles. The maximum absolute atomic E-state index is 10.4. The Labute approximate surface area is 189 Å². The second-order valence-electron chi connectivity index (χ2n) is 10.0. The van der Waals surface area contributed by atoms with E-state index >= 15 is 0 Å². The van der Waals surface area contributed by atoms with E-state index in [-0.39, 0.29) is 18.6 Å². The van der Waals surface area contributed by atoms with E-state index in [9.17, 15) is 5.11 Å². The Morgan fingerprint density at radius 3 is 2.48 bits per heavy atom. The highest BCUT2D eigenvalue weighted by atomic mass is 16.5. The number of nitrogens with one attached hydrogen (secondary N) is 1. The van der Waals surface area contributed by atoms with Gasteiger partial charge in [-0.05, 0) is 41.0 Å². The number of nitrogens with zero attached hydrogens (tertiary/aromatic N) is 1. The highest BCUT2D eigenvalue weighted by Gasteiger charge is 2.18. The molecule has 2 rings (SSSR count). The molecule has 2 atom stereocenters. The lowest BCUT2D eigenvalue weighted by atomic mass is 9.87. The van der Waals surface area contributed by atoms with E-state index in [1.165, 1.54) is 21.7 Å². The number of aliphatic hydroxyl groups excluding tert-OH is 1. The average molecular weight is 426 g/mol. The largest absolute Gasteiger partial charge is 0.385 e. The summed E-state index contributed by atoms with van der Waals surface area (Å²) in [6.07, 6.45) is 8.00. The SMILES string of the molecule is C#CCOC[C@@H](O)C[NH+](CCC(C)C)Cc1cccn1Cc1ccc(C(C)(C)C)cc1. The van der Waals surface area contributed by atoms with Gasteiger partial charge in [0.05, 0.1) is 18.8 Å². The smallest absolute Gasteiger partial charge is 0.126 e. The average Bonchev–Trinajstić information content (AvgIpc) is 3.12. The number of quaternary nitrogens is 1. The molecule has 0 saturated heterocycles. The Morgan fingerprint density at radius 1 is 1.16 bits per heavy atom. The van der Waals surface area contributed by atoms with E-state index in [4.69, 9.17) is 11.2 Å². The first-order chi connectivity index (χ1) is 14.7. The van der Waals surface area contributed by atoms with Crippen LogP contribution in [0.1, 0.15) is 57.9 Å². The molecule has 0 saturated carbocycles. The molecule has 0 bridgehead atoms. The molecular weight excluding hydrogens is 384 g/mol. The number of terminal acetylenes is 1. The van der Waals surface area contributed by atoms with Crippen LogP contribution in [0.2, 0.25) is 0 Å². The zero-order valence-electron chi connectivity index (χ0n) is 20.0. The van der Waals surface area contributed by atoms with Gasteiger partial charge in [0.1, 0.15) is 25.8 Å². The van der Waals surface area contributed by atoms with E-state index < -0.39 is 6.10 Å².